The molecular weight excluding hydrogens is 168 g/mol. The van der Waals surface area contributed by atoms with Gasteiger partial charge in [0.05, 0.1) is 0 Å². The molecule has 1 atom stereocenters. The molecule has 0 saturated heterocycles. The lowest BCUT2D eigenvalue weighted by Gasteiger charge is -2.42. The average molecular weight is 190 g/mol. The maximum atomic E-state index is 2.49. The molecule has 1 saturated carbocycles. The molecule has 0 N–H and O–H groups in total. The highest BCUT2D eigenvalue weighted by molar-refractivity contribution is 5.34. The Morgan fingerprint density at radius 2 is 1.93 bits per heavy atom. The van der Waals surface area contributed by atoms with Crippen molar-refractivity contribution >= 4 is 0 Å². The fraction of sp³-hybridized carbons (Fsp3) is 0.714. The summed E-state index contributed by atoms with van der Waals surface area (Å²) in [4.78, 5) is 0. The van der Waals surface area contributed by atoms with E-state index in [4.69, 9.17) is 0 Å². The van der Waals surface area contributed by atoms with Crippen molar-refractivity contribution in [2.24, 2.45) is 10.8 Å². The zero-order chi connectivity index (χ0) is 10.2. The first-order valence-corrected chi connectivity index (χ1v) is 6.01. The van der Waals surface area contributed by atoms with Gasteiger partial charge in [-0.05, 0) is 31.6 Å². The van der Waals surface area contributed by atoms with Gasteiger partial charge in [0.1, 0.15) is 0 Å². The van der Waals surface area contributed by atoms with Crippen LogP contribution >= 0.6 is 0 Å². The van der Waals surface area contributed by atoms with E-state index in [1.54, 1.807) is 0 Å². The van der Waals surface area contributed by atoms with Gasteiger partial charge in [0.2, 0.25) is 0 Å². The molecule has 2 aliphatic carbocycles. The van der Waals surface area contributed by atoms with E-state index < -0.39 is 0 Å². The topological polar surface area (TPSA) is 0 Å². The van der Waals surface area contributed by atoms with Gasteiger partial charge >= 0.3 is 0 Å². The Balaban J connectivity index is 2.32. The highest BCUT2D eigenvalue weighted by Crippen LogP contribution is 2.56. The molecular formula is C14H22. The minimum absolute atomic E-state index is 0.350. The van der Waals surface area contributed by atoms with Crippen molar-refractivity contribution in [3.8, 4) is 0 Å². The number of hydrogen-bond donors (Lipinski definition) is 0. The molecule has 0 heterocycles. The third-order valence-electron chi connectivity index (χ3n) is 4.60. The summed E-state index contributed by atoms with van der Waals surface area (Å²) in [5, 5.41) is 0. The van der Waals surface area contributed by atoms with E-state index in [2.05, 4.69) is 39.0 Å². The molecule has 0 heteroatoms. The van der Waals surface area contributed by atoms with Crippen LogP contribution in [-0.2, 0) is 0 Å². The molecule has 0 radical (unpaired) electrons. The van der Waals surface area contributed by atoms with E-state index in [1.807, 2.05) is 0 Å². The molecule has 2 rings (SSSR count). The zero-order valence-electron chi connectivity index (χ0n) is 9.77. The summed E-state index contributed by atoms with van der Waals surface area (Å²) in [5.41, 5.74) is 2.37. The Bertz CT molecular complexity index is 276. The lowest BCUT2D eigenvalue weighted by atomic mass is 9.62. The molecule has 0 nitrogen and oxygen atoms in total. The van der Waals surface area contributed by atoms with E-state index in [-0.39, 0.29) is 0 Å². The normalized spacial score (nSPS) is 34.9. The summed E-state index contributed by atoms with van der Waals surface area (Å²) in [6, 6.07) is 0. The molecule has 0 spiro atoms. The first-order chi connectivity index (χ1) is 6.62. The average Bonchev–Trinajstić information content (AvgIpc) is 2.74. The SMILES string of the molecule is CCC1(C2(C)C=CC(C)=C2)CCCC1. The minimum Gasteiger partial charge on any atom is -0.0740 e. The van der Waals surface area contributed by atoms with Gasteiger partial charge in [-0.1, -0.05) is 50.5 Å². The van der Waals surface area contributed by atoms with Crippen molar-refractivity contribution in [3.63, 3.8) is 0 Å². The highest BCUT2D eigenvalue weighted by atomic mass is 14.5. The van der Waals surface area contributed by atoms with Crippen LogP contribution in [0.2, 0.25) is 0 Å². The standard InChI is InChI=1S/C14H22/c1-4-14(8-5-6-9-14)13(3)10-7-12(2)11-13/h7,10-11H,4-6,8-9H2,1-3H3. The summed E-state index contributed by atoms with van der Waals surface area (Å²) in [5.74, 6) is 0. The van der Waals surface area contributed by atoms with Crippen molar-refractivity contribution in [2.45, 2.75) is 52.9 Å². The molecule has 14 heavy (non-hydrogen) atoms. The van der Waals surface area contributed by atoms with Gasteiger partial charge in [0.15, 0.2) is 0 Å². The summed E-state index contributed by atoms with van der Waals surface area (Å²) < 4.78 is 0. The van der Waals surface area contributed by atoms with Gasteiger partial charge in [0, 0.05) is 5.41 Å². The Labute approximate surface area is 88.1 Å². The largest absolute Gasteiger partial charge is 0.0740 e. The first-order valence-electron chi connectivity index (χ1n) is 6.01. The van der Waals surface area contributed by atoms with Gasteiger partial charge < -0.3 is 0 Å². The van der Waals surface area contributed by atoms with Crippen LogP contribution in [0.3, 0.4) is 0 Å². The van der Waals surface area contributed by atoms with Gasteiger partial charge in [-0.15, -0.1) is 0 Å². The number of hydrogen-bond acceptors (Lipinski definition) is 0. The van der Waals surface area contributed by atoms with Crippen LogP contribution in [0.25, 0.3) is 0 Å². The molecule has 0 aliphatic heterocycles. The van der Waals surface area contributed by atoms with Crippen molar-refractivity contribution in [1.82, 2.24) is 0 Å². The second-order valence-electron chi connectivity index (χ2n) is 5.35. The molecule has 0 aromatic rings. The minimum atomic E-state index is 0.350. The maximum absolute atomic E-state index is 2.49. The fourth-order valence-electron chi connectivity index (χ4n) is 3.53. The lowest BCUT2D eigenvalue weighted by Crippen LogP contribution is -2.33. The van der Waals surface area contributed by atoms with Gasteiger partial charge in [-0.2, -0.15) is 0 Å². The Hall–Kier alpha value is -0.520. The number of rotatable bonds is 2. The maximum Gasteiger partial charge on any atom is 0.00977 e. The molecule has 0 bridgehead atoms. The van der Waals surface area contributed by atoms with Crippen molar-refractivity contribution < 1.29 is 0 Å². The van der Waals surface area contributed by atoms with Crippen molar-refractivity contribution in [2.75, 3.05) is 0 Å². The first kappa shape index (κ1) is 10.0. The van der Waals surface area contributed by atoms with Gasteiger partial charge in [-0.3, -0.25) is 0 Å². The Morgan fingerprint density at radius 1 is 1.29 bits per heavy atom. The van der Waals surface area contributed by atoms with Crippen LogP contribution in [0.1, 0.15) is 52.9 Å². The van der Waals surface area contributed by atoms with E-state index >= 15 is 0 Å². The monoisotopic (exact) mass is 190 g/mol. The molecule has 1 fully saturated rings. The van der Waals surface area contributed by atoms with E-state index in [1.165, 1.54) is 37.7 Å². The van der Waals surface area contributed by atoms with E-state index in [9.17, 15) is 0 Å². The van der Waals surface area contributed by atoms with Gasteiger partial charge in [0.25, 0.3) is 0 Å². The third kappa shape index (κ3) is 1.27. The fourth-order valence-corrected chi connectivity index (χ4v) is 3.53. The number of allylic oxidation sites excluding steroid dienone is 4. The van der Waals surface area contributed by atoms with Crippen LogP contribution in [-0.4, -0.2) is 0 Å². The van der Waals surface area contributed by atoms with Crippen LogP contribution in [0, 0.1) is 10.8 Å². The third-order valence-corrected chi connectivity index (χ3v) is 4.60. The predicted octanol–water partition coefficient (Wildman–Crippen LogP) is 4.48. The lowest BCUT2D eigenvalue weighted by molar-refractivity contribution is 0.146. The Morgan fingerprint density at radius 3 is 2.36 bits per heavy atom. The summed E-state index contributed by atoms with van der Waals surface area (Å²) in [6.45, 7) is 7.01. The highest BCUT2D eigenvalue weighted by Gasteiger charge is 2.46. The van der Waals surface area contributed by atoms with Crippen LogP contribution in [0.5, 0.6) is 0 Å². The van der Waals surface area contributed by atoms with Crippen LogP contribution < -0.4 is 0 Å². The second-order valence-corrected chi connectivity index (χ2v) is 5.35. The molecule has 2 aliphatic rings. The van der Waals surface area contributed by atoms with Crippen LogP contribution in [0.15, 0.2) is 23.8 Å². The van der Waals surface area contributed by atoms with Crippen LogP contribution in [0.4, 0.5) is 0 Å². The zero-order valence-corrected chi connectivity index (χ0v) is 9.77. The molecule has 0 aromatic carbocycles. The van der Waals surface area contributed by atoms with Gasteiger partial charge in [-0.25, -0.2) is 0 Å². The molecule has 0 amide bonds. The van der Waals surface area contributed by atoms with Crippen molar-refractivity contribution in [3.05, 3.63) is 23.8 Å². The summed E-state index contributed by atoms with van der Waals surface area (Å²) in [6.07, 6.45) is 14.3. The van der Waals surface area contributed by atoms with E-state index in [0.29, 0.717) is 10.8 Å². The summed E-state index contributed by atoms with van der Waals surface area (Å²) in [7, 11) is 0. The predicted molar refractivity (Wildman–Crippen MR) is 62.2 cm³/mol. The molecule has 78 valence electrons. The quantitative estimate of drug-likeness (QED) is 0.602. The molecule has 0 aromatic heterocycles. The Kier molecular flexibility index (Phi) is 2.33. The van der Waals surface area contributed by atoms with E-state index in [0.717, 1.165) is 0 Å². The second kappa shape index (κ2) is 3.25. The van der Waals surface area contributed by atoms with Crippen molar-refractivity contribution in [1.29, 1.82) is 0 Å². The smallest absolute Gasteiger partial charge is 0.00977 e. The summed E-state index contributed by atoms with van der Waals surface area (Å²) >= 11 is 0. The molecule has 1 unspecified atom stereocenters.